The Balaban J connectivity index is -0.0000000678. The van der Waals surface area contributed by atoms with Gasteiger partial charge in [0.15, 0.2) is 0 Å². The third kappa shape index (κ3) is 219. The minimum atomic E-state index is -0.137. The molecule has 0 aromatic rings. The number of hydroxylamine groups is 2. The van der Waals surface area contributed by atoms with Crippen LogP contribution in [0.2, 0.25) is 0 Å². The first kappa shape index (κ1) is 129. The Morgan fingerprint density at radius 2 is 0.663 bits per heavy atom. The molecule has 0 aliphatic heterocycles. The average molecular weight is 1420 g/mol. The molecule has 0 amide bonds. The summed E-state index contributed by atoms with van der Waals surface area (Å²) in [4.78, 5) is 19.8. The molecule has 608 valence electrons. The van der Waals surface area contributed by atoms with Crippen LogP contribution in [0, 0.1) is 32.5 Å². The van der Waals surface area contributed by atoms with Gasteiger partial charge >= 0.3 is 0 Å². The Hall–Kier alpha value is -2.14. The fourth-order valence-electron chi connectivity index (χ4n) is 4.17. The summed E-state index contributed by atoms with van der Waals surface area (Å²) in [7, 11) is 0. The molecular weight excluding hydrogens is 1220 g/mol. The van der Waals surface area contributed by atoms with Crippen molar-refractivity contribution >= 4 is 12.4 Å². The highest BCUT2D eigenvalue weighted by Crippen LogP contribution is 2.17. The number of oxime groups is 1. The summed E-state index contributed by atoms with van der Waals surface area (Å²) in [5.41, 5.74) is 6.98. The predicted molar refractivity (Wildman–Crippen MR) is 452 cm³/mol. The second-order valence-electron chi connectivity index (χ2n) is 36.3. The zero-order valence-corrected chi connectivity index (χ0v) is 78.4. The predicted octanol–water partition coefficient (Wildman–Crippen LogP) is 25.6. The summed E-state index contributed by atoms with van der Waals surface area (Å²) in [5.74, 6) is 0. The van der Waals surface area contributed by atoms with Gasteiger partial charge in [-0.15, -0.1) is 0 Å². The van der Waals surface area contributed by atoms with Gasteiger partial charge in [0.25, 0.3) is 0 Å². The van der Waals surface area contributed by atoms with Crippen LogP contribution < -0.4 is 26.9 Å². The average Bonchev–Trinajstić information content (AvgIpc) is 1.25. The van der Waals surface area contributed by atoms with Crippen molar-refractivity contribution in [3.63, 3.8) is 0 Å². The lowest BCUT2D eigenvalue weighted by Crippen LogP contribution is -2.39. The van der Waals surface area contributed by atoms with Crippen LogP contribution in [-0.4, -0.2) is 110 Å². The zero-order chi connectivity index (χ0) is 82.8. The number of hydrogen-bond donors (Lipinski definition) is 5. The summed E-state index contributed by atoms with van der Waals surface area (Å²) < 4.78 is 22.1. The lowest BCUT2D eigenvalue weighted by atomic mass is 9.97. The molecule has 0 heterocycles. The molecule has 0 fully saturated rings. The van der Waals surface area contributed by atoms with Crippen molar-refractivity contribution < 1.29 is 33.5 Å². The van der Waals surface area contributed by atoms with Crippen molar-refractivity contribution in [3.8, 4) is 0 Å². The number of aliphatic imine (C=N–C) groups is 1. The number of allylic oxidation sites excluding steroid dienone is 2. The first-order valence-electron chi connectivity index (χ1n) is 38.1. The largest absolute Gasteiger partial charge is 0.416 e. The van der Waals surface area contributed by atoms with Gasteiger partial charge in [0, 0.05) is 60.3 Å². The van der Waals surface area contributed by atoms with E-state index in [0.29, 0.717) is 25.5 Å². The molecule has 0 aromatic carbocycles. The lowest BCUT2D eigenvalue weighted by molar-refractivity contribution is -0.0524. The molecule has 0 spiro atoms. The molecule has 0 unspecified atom stereocenters. The Bertz CT molecular complexity index is 1370. The lowest BCUT2D eigenvalue weighted by Gasteiger charge is -2.23. The summed E-state index contributed by atoms with van der Waals surface area (Å²) >= 11 is 0. The van der Waals surface area contributed by atoms with Crippen LogP contribution in [0.5, 0.6) is 0 Å². The molecular formula is C84H195N7O7. The highest BCUT2D eigenvalue weighted by Gasteiger charge is 2.17. The normalized spacial score (nSPS) is 12.2. The second-order valence-corrected chi connectivity index (χ2v) is 36.3. The van der Waals surface area contributed by atoms with E-state index < -0.39 is 0 Å². The van der Waals surface area contributed by atoms with Crippen LogP contribution >= 0.6 is 0 Å². The van der Waals surface area contributed by atoms with E-state index in [0.717, 1.165) is 32.8 Å². The summed E-state index contributed by atoms with van der Waals surface area (Å²) in [6, 6.07) is 0. The van der Waals surface area contributed by atoms with Gasteiger partial charge in [0.05, 0.1) is 47.9 Å². The molecule has 0 atom stereocenters. The minimum absolute atomic E-state index is 0.00221. The maximum atomic E-state index is 5.56. The second kappa shape index (κ2) is 69.2. The van der Waals surface area contributed by atoms with Gasteiger partial charge in [0.1, 0.15) is 19.6 Å². The maximum absolute atomic E-state index is 5.56. The zero-order valence-electron chi connectivity index (χ0n) is 78.4. The van der Waals surface area contributed by atoms with Gasteiger partial charge in [-0.1, -0.05) is 233 Å². The van der Waals surface area contributed by atoms with E-state index >= 15 is 0 Å². The van der Waals surface area contributed by atoms with E-state index in [1.165, 1.54) is 0 Å². The number of ether oxygens (including phenoxy) is 4. The third-order valence-corrected chi connectivity index (χ3v) is 7.93. The minimum Gasteiger partial charge on any atom is -0.416 e. The molecule has 5 N–H and O–H groups in total. The van der Waals surface area contributed by atoms with Crippen molar-refractivity contribution in [1.29, 1.82) is 0 Å². The van der Waals surface area contributed by atoms with Crippen LogP contribution in [0.15, 0.2) is 34.8 Å². The molecule has 0 radical (unpaired) electrons. The molecule has 0 saturated carbocycles. The van der Waals surface area contributed by atoms with Gasteiger partial charge in [-0.3, -0.25) is 20.6 Å². The van der Waals surface area contributed by atoms with Gasteiger partial charge in [-0.2, -0.15) is 5.48 Å². The molecule has 0 saturated heterocycles. The fraction of sp³-hybridized carbons (Fsp3) is 0.929. The molecule has 0 bridgehead atoms. The maximum Gasteiger partial charge on any atom is 0.137 e. The van der Waals surface area contributed by atoms with E-state index in [9.17, 15) is 0 Å². The van der Waals surface area contributed by atoms with E-state index in [1.807, 2.05) is 163 Å². The van der Waals surface area contributed by atoms with Crippen LogP contribution in [0.3, 0.4) is 0 Å². The number of rotatable bonds is 17. The Morgan fingerprint density at radius 1 is 0.337 bits per heavy atom. The van der Waals surface area contributed by atoms with Crippen molar-refractivity contribution in [2.45, 2.75) is 432 Å². The van der Waals surface area contributed by atoms with Crippen molar-refractivity contribution in [2.75, 3.05) is 52.9 Å². The van der Waals surface area contributed by atoms with Crippen LogP contribution in [0.4, 0.5) is 0 Å². The highest BCUT2D eigenvalue weighted by molar-refractivity contribution is 5.63. The molecule has 0 rings (SSSR count). The quantitative estimate of drug-likeness (QED) is 0.0310. The number of nitrogens with zero attached hydrogens (tertiary/aromatic N) is 2. The van der Waals surface area contributed by atoms with Crippen LogP contribution in [0.1, 0.15) is 388 Å². The Labute approximate surface area is 622 Å². The topological polar surface area (TPSA) is 149 Å². The molecule has 14 nitrogen and oxygen atoms in total. The molecule has 98 heavy (non-hydrogen) atoms. The number of hydrogen-bond acceptors (Lipinski definition) is 14. The van der Waals surface area contributed by atoms with Gasteiger partial charge in [0.2, 0.25) is 0 Å². The standard InChI is InChI=1S/C10H23NO.2C10H21NO.2C10H23NO.2C10H21NO.7C2H6/c2*1-9(2,3)7-11-8-12-10(4,5)6;1-9(2,3)7-11-12-8-10(4,5)6;2*1-9(2,3)11-7-8-12-10(4,5)6;1-9(2,3)7-8-12-11-10(4,5)6;1-9(2,3)7-8-11-12-10(4,5)6;7*1-2/h11H,7-8H2,1-6H3;2*7H,8H2,1-6H3;2*11H,7-8H2,1-6H3;2*7-8,11H,1-6H3;7*1-2H3/b;;11-7-;;;2*8-7-;;;;;;;. The van der Waals surface area contributed by atoms with E-state index in [-0.39, 0.29) is 71.7 Å². The highest BCUT2D eigenvalue weighted by atomic mass is 16.7. The molecule has 0 aliphatic carbocycles. The van der Waals surface area contributed by atoms with E-state index in [1.54, 1.807) is 6.26 Å². The smallest absolute Gasteiger partial charge is 0.137 e. The third-order valence-electron chi connectivity index (χ3n) is 7.93. The van der Waals surface area contributed by atoms with Crippen LogP contribution in [0.25, 0.3) is 0 Å². The number of nitrogens with one attached hydrogen (secondary N) is 5. The fourth-order valence-corrected chi connectivity index (χ4v) is 4.17. The summed E-state index contributed by atoms with van der Waals surface area (Å²) in [6.07, 6.45) is 11.4. The molecule has 0 aliphatic rings. The monoisotopic (exact) mass is 1410 g/mol. The molecule has 14 heteroatoms. The van der Waals surface area contributed by atoms with E-state index in [2.05, 4.69) is 292 Å². The van der Waals surface area contributed by atoms with E-state index in [4.69, 9.17) is 33.5 Å². The van der Waals surface area contributed by atoms with Gasteiger partial charge in [-0.25, -0.2) is 0 Å². The molecule has 0 aromatic heterocycles. The Kier molecular flexibility index (Phi) is 90.9. The van der Waals surface area contributed by atoms with Gasteiger partial charge < -0.3 is 39.3 Å². The van der Waals surface area contributed by atoms with Crippen molar-refractivity contribution in [1.82, 2.24) is 26.9 Å². The Morgan fingerprint density at radius 3 is 0.908 bits per heavy atom. The summed E-state index contributed by atoms with van der Waals surface area (Å²) in [5, 5.41) is 13.9. The van der Waals surface area contributed by atoms with Gasteiger partial charge in [-0.05, 0) is 199 Å². The van der Waals surface area contributed by atoms with Crippen molar-refractivity contribution in [2.24, 2.45) is 42.6 Å². The summed E-state index contributed by atoms with van der Waals surface area (Å²) in [6.45, 7) is 122. The SMILES string of the molecule is CC.CC.CC.CC.CC.CC.CC.CC(C)(C)/C=C\NOC(C)(C)C.CC(C)(C)/C=C\ONC(C)(C)C.CC(C)(C)/C=N\OCC(C)(C)C.CC(C)(C)C=NCOC(C)(C)C.CC(C)(C)CNCOC(C)(C)C.CC(C)(C)NCCOC(C)(C)C.CC(C)(C)NCCOC(C)(C)C. The van der Waals surface area contributed by atoms with Crippen LogP contribution in [-0.2, 0) is 33.5 Å². The first-order chi connectivity index (χ1) is 43.4. The van der Waals surface area contributed by atoms with Crippen molar-refractivity contribution in [3.05, 3.63) is 24.6 Å². The first-order valence-corrected chi connectivity index (χ1v) is 38.1.